The van der Waals surface area contributed by atoms with Gasteiger partial charge in [-0.3, -0.25) is 4.79 Å². The molecule has 1 amide bonds. The van der Waals surface area contributed by atoms with Crippen molar-refractivity contribution in [3.63, 3.8) is 0 Å². The number of carbonyl (C=O) groups excluding carboxylic acids is 1. The molecule has 4 heteroatoms. The first-order valence-electron chi connectivity index (χ1n) is 7.37. The molecule has 0 aromatic heterocycles. The maximum Gasteiger partial charge on any atom is 0.237 e. The minimum Gasteiger partial charge on any atom is -0.368 e. The zero-order valence-corrected chi connectivity index (χ0v) is 11.7. The number of nitrogens with one attached hydrogen (secondary N) is 1. The van der Waals surface area contributed by atoms with Crippen LogP contribution in [0.5, 0.6) is 0 Å². The summed E-state index contributed by atoms with van der Waals surface area (Å²) in [6.45, 7) is 6.39. The summed E-state index contributed by atoms with van der Waals surface area (Å²) < 4.78 is 0. The fourth-order valence-corrected chi connectivity index (χ4v) is 2.62. The molecule has 2 rings (SSSR count). The van der Waals surface area contributed by atoms with Gasteiger partial charge in [-0.2, -0.15) is 0 Å². The van der Waals surface area contributed by atoms with Gasteiger partial charge in [-0.15, -0.1) is 0 Å². The van der Waals surface area contributed by atoms with E-state index in [4.69, 9.17) is 5.73 Å². The molecule has 2 aliphatic rings. The van der Waals surface area contributed by atoms with Crippen LogP contribution in [0.15, 0.2) is 0 Å². The van der Waals surface area contributed by atoms with Crippen molar-refractivity contribution in [3.05, 3.63) is 0 Å². The number of nitrogens with zero attached hydrogens (tertiary/aromatic N) is 1. The minimum atomic E-state index is -0.510. The van der Waals surface area contributed by atoms with Crippen molar-refractivity contribution in [2.24, 2.45) is 5.73 Å². The lowest BCUT2D eigenvalue weighted by atomic mass is 9.94. The molecule has 104 valence electrons. The van der Waals surface area contributed by atoms with E-state index in [1.165, 1.54) is 25.7 Å². The minimum absolute atomic E-state index is 0.205. The van der Waals surface area contributed by atoms with Gasteiger partial charge in [-0.1, -0.05) is 6.92 Å². The van der Waals surface area contributed by atoms with E-state index in [1.807, 2.05) is 6.92 Å². The fraction of sp³-hybridized carbons (Fsp3) is 0.929. The molecule has 0 aromatic rings. The van der Waals surface area contributed by atoms with E-state index in [-0.39, 0.29) is 5.91 Å². The molecule has 2 fully saturated rings. The van der Waals surface area contributed by atoms with Gasteiger partial charge in [0.1, 0.15) is 0 Å². The van der Waals surface area contributed by atoms with Crippen LogP contribution in [0.1, 0.15) is 52.4 Å². The third-order valence-electron chi connectivity index (χ3n) is 4.24. The smallest absolute Gasteiger partial charge is 0.237 e. The Hall–Kier alpha value is -0.610. The van der Waals surface area contributed by atoms with Gasteiger partial charge in [0.2, 0.25) is 5.91 Å². The number of rotatable bonds is 9. The van der Waals surface area contributed by atoms with Gasteiger partial charge < -0.3 is 16.0 Å². The van der Waals surface area contributed by atoms with Crippen molar-refractivity contribution in [1.29, 1.82) is 0 Å². The van der Waals surface area contributed by atoms with Crippen LogP contribution in [-0.4, -0.2) is 41.5 Å². The number of primary amides is 1. The molecule has 0 aromatic carbocycles. The number of amides is 1. The molecule has 2 aliphatic carbocycles. The third-order valence-corrected chi connectivity index (χ3v) is 4.24. The van der Waals surface area contributed by atoms with Crippen LogP contribution in [-0.2, 0) is 4.79 Å². The number of nitrogens with two attached hydrogens (primary N) is 1. The van der Waals surface area contributed by atoms with Crippen LogP contribution in [0.4, 0.5) is 0 Å². The lowest BCUT2D eigenvalue weighted by molar-refractivity contribution is -0.124. The summed E-state index contributed by atoms with van der Waals surface area (Å²) in [6, 6.07) is 1.33. The predicted molar refractivity (Wildman–Crippen MR) is 73.3 cm³/mol. The average molecular weight is 253 g/mol. The summed E-state index contributed by atoms with van der Waals surface area (Å²) in [4.78, 5) is 14.1. The predicted octanol–water partition coefficient (Wildman–Crippen LogP) is 1.25. The van der Waals surface area contributed by atoms with Crippen LogP contribution in [0.3, 0.4) is 0 Å². The molecule has 2 saturated carbocycles. The summed E-state index contributed by atoms with van der Waals surface area (Å²) >= 11 is 0. The van der Waals surface area contributed by atoms with Crippen LogP contribution in [0.25, 0.3) is 0 Å². The Morgan fingerprint density at radius 3 is 2.50 bits per heavy atom. The van der Waals surface area contributed by atoms with Crippen molar-refractivity contribution in [2.75, 3.05) is 13.1 Å². The molecular weight excluding hydrogens is 226 g/mol. The Labute approximate surface area is 110 Å². The molecule has 0 radical (unpaired) electrons. The molecule has 0 spiro atoms. The van der Waals surface area contributed by atoms with Crippen molar-refractivity contribution in [2.45, 2.75) is 70.0 Å². The van der Waals surface area contributed by atoms with E-state index in [1.54, 1.807) is 0 Å². The highest BCUT2D eigenvalue weighted by Crippen LogP contribution is 2.28. The second kappa shape index (κ2) is 5.57. The van der Waals surface area contributed by atoms with Crippen molar-refractivity contribution in [1.82, 2.24) is 10.2 Å². The van der Waals surface area contributed by atoms with Gasteiger partial charge >= 0.3 is 0 Å². The molecule has 0 aliphatic heterocycles. The van der Waals surface area contributed by atoms with E-state index < -0.39 is 5.54 Å². The molecule has 1 atom stereocenters. The summed E-state index contributed by atoms with van der Waals surface area (Å²) in [5, 5.41) is 3.41. The van der Waals surface area contributed by atoms with Crippen LogP contribution < -0.4 is 11.1 Å². The van der Waals surface area contributed by atoms with Crippen molar-refractivity contribution in [3.8, 4) is 0 Å². The number of carbonyl (C=O) groups is 1. The highest BCUT2D eigenvalue weighted by molar-refractivity contribution is 5.84. The number of hydrogen-bond acceptors (Lipinski definition) is 3. The Kier molecular flexibility index (Phi) is 4.28. The summed E-state index contributed by atoms with van der Waals surface area (Å²) in [7, 11) is 0. The molecule has 0 heterocycles. The number of hydrogen-bond donors (Lipinski definition) is 2. The normalized spacial score (nSPS) is 23.1. The first-order valence-corrected chi connectivity index (χ1v) is 7.37. The second-order valence-corrected chi connectivity index (χ2v) is 6.08. The summed E-state index contributed by atoms with van der Waals surface area (Å²) in [5.41, 5.74) is 5.04. The van der Waals surface area contributed by atoms with E-state index in [0.717, 1.165) is 32.0 Å². The Balaban J connectivity index is 1.75. The Morgan fingerprint density at radius 1 is 1.39 bits per heavy atom. The largest absolute Gasteiger partial charge is 0.368 e. The third kappa shape index (κ3) is 3.69. The highest BCUT2D eigenvalue weighted by atomic mass is 16.1. The maximum absolute atomic E-state index is 11.6. The van der Waals surface area contributed by atoms with Gasteiger partial charge in [0, 0.05) is 12.1 Å². The van der Waals surface area contributed by atoms with E-state index in [2.05, 4.69) is 17.1 Å². The Bertz CT molecular complexity index is 299. The summed E-state index contributed by atoms with van der Waals surface area (Å²) in [6.07, 6.45) is 6.96. The van der Waals surface area contributed by atoms with Gasteiger partial charge in [-0.25, -0.2) is 0 Å². The molecule has 0 saturated heterocycles. The van der Waals surface area contributed by atoms with Gasteiger partial charge in [0.05, 0.1) is 5.54 Å². The lowest BCUT2D eigenvalue weighted by Crippen LogP contribution is -2.54. The maximum atomic E-state index is 11.6. The summed E-state index contributed by atoms with van der Waals surface area (Å²) in [5.74, 6) is -0.205. The van der Waals surface area contributed by atoms with E-state index >= 15 is 0 Å². The first kappa shape index (κ1) is 13.8. The SMILES string of the molecule is CCN(CCCC(C)(NC1CC1)C(N)=O)C1CC1. The highest BCUT2D eigenvalue weighted by Gasteiger charge is 2.37. The van der Waals surface area contributed by atoms with Gasteiger partial charge in [-0.05, 0) is 58.5 Å². The quantitative estimate of drug-likeness (QED) is 0.650. The van der Waals surface area contributed by atoms with Crippen molar-refractivity contribution >= 4 is 5.91 Å². The second-order valence-electron chi connectivity index (χ2n) is 6.08. The Morgan fingerprint density at radius 2 is 2.06 bits per heavy atom. The molecule has 18 heavy (non-hydrogen) atoms. The molecular formula is C14H27N3O. The monoisotopic (exact) mass is 253 g/mol. The fourth-order valence-electron chi connectivity index (χ4n) is 2.62. The van der Waals surface area contributed by atoms with Gasteiger partial charge in [0.15, 0.2) is 0 Å². The lowest BCUT2D eigenvalue weighted by Gasteiger charge is -2.29. The zero-order chi connectivity index (χ0) is 13.2. The molecule has 3 N–H and O–H groups in total. The first-order chi connectivity index (χ1) is 8.55. The van der Waals surface area contributed by atoms with Crippen LogP contribution >= 0.6 is 0 Å². The standard InChI is InChI=1S/C14H27N3O/c1-3-17(12-7-8-12)10-4-9-14(2,13(15)18)16-11-5-6-11/h11-12,16H,3-10H2,1-2H3,(H2,15,18). The average Bonchev–Trinajstić information content (AvgIpc) is 3.16. The van der Waals surface area contributed by atoms with Crippen molar-refractivity contribution < 1.29 is 4.79 Å². The molecule has 0 bridgehead atoms. The van der Waals surface area contributed by atoms with Gasteiger partial charge in [0.25, 0.3) is 0 Å². The van der Waals surface area contributed by atoms with Crippen LogP contribution in [0, 0.1) is 0 Å². The van der Waals surface area contributed by atoms with Crippen LogP contribution in [0.2, 0.25) is 0 Å². The van der Waals surface area contributed by atoms with E-state index in [9.17, 15) is 4.79 Å². The molecule has 4 nitrogen and oxygen atoms in total. The molecule has 1 unspecified atom stereocenters. The topological polar surface area (TPSA) is 58.4 Å². The van der Waals surface area contributed by atoms with E-state index in [0.29, 0.717) is 6.04 Å². The zero-order valence-electron chi connectivity index (χ0n) is 11.7.